The molecule has 3 aromatic heterocycles. The number of hydrogen-bond donors (Lipinski definition) is 0. The molecule has 0 radical (unpaired) electrons. The normalized spacial score (nSPS) is 11.9. The Morgan fingerprint density at radius 3 is 1.96 bits per heavy atom. The molecular formula is C43H37N3O. The Hall–Kier alpha value is -5.48. The molecule has 0 saturated carbocycles. The minimum Gasteiger partial charge on any atom is -0.455 e. The summed E-state index contributed by atoms with van der Waals surface area (Å²) in [4.78, 5) is 10.3. The lowest BCUT2D eigenvalue weighted by molar-refractivity contribution is 0.669. The summed E-state index contributed by atoms with van der Waals surface area (Å²) < 4.78 is 9.20. The quantitative estimate of drug-likeness (QED) is 0.188. The van der Waals surface area contributed by atoms with Gasteiger partial charge in [0.05, 0.1) is 16.8 Å². The van der Waals surface area contributed by atoms with E-state index < -0.39 is 0 Å². The van der Waals surface area contributed by atoms with Crippen molar-refractivity contribution in [2.75, 3.05) is 0 Å². The van der Waals surface area contributed by atoms with Gasteiger partial charge in [-0.15, -0.1) is 0 Å². The molecule has 8 rings (SSSR count). The van der Waals surface area contributed by atoms with Crippen LogP contribution in [0.3, 0.4) is 0 Å². The van der Waals surface area contributed by atoms with Gasteiger partial charge in [0.15, 0.2) is 11.5 Å². The molecule has 0 N–H and O–H groups in total. The molecule has 0 bridgehead atoms. The minimum atomic E-state index is 0.305. The van der Waals surface area contributed by atoms with Crippen LogP contribution in [0.1, 0.15) is 56.2 Å². The maximum Gasteiger partial charge on any atom is 0.178 e. The molecule has 8 aromatic rings. The lowest BCUT2D eigenvalue weighted by Gasteiger charge is -2.22. The Kier molecular flexibility index (Phi) is 7.02. The highest BCUT2D eigenvalue weighted by atomic mass is 16.3. The van der Waals surface area contributed by atoms with Gasteiger partial charge in [0.1, 0.15) is 11.2 Å². The fourth-order valence-electron chi connectivity index (χ4n) is 6.96. The zero-order chi connectivity index (χ0) is 32.2. The van der Waals surface area contributed by atoms with Crippen LogP contribution < -0.4 is 0 Å². The van der Waals surface area contributed by atoms with Crippen molar-refractivity contribution in [3.63, 3.8) is 0 Å². The van der Waals surface area contributed by atoms with Gasteiger partial charge in [-0.1, -0.05) is 119 Å². The highest BCUT2D eigenvalue weighted by Crippen LogP contribution is 2.42. The van der Waals surface area contributed by atoms with Crippen LogP contribution in [-0.2, 0) is 0 Å². The van der Waals surface area contributed by atoms with E-state index in [1.165, 1.54) is 27.9 Å². The number of pyridine rings is 1. The molecule has 0 aliphatic heterocycles. The van der Waals surface area contributed by atoms with Crippen molar-refractivity contribution in [2.24, 2.45) is 0 Å². The van der Waals surface area contributed by atoms with E-state index in [9.17, 15) is 0 Å². The fourth-order valence-corrected chi connectivity index (χ4v) is 6.96. The van der Waals surface area contributed by atoms with E-state index in [4.69, 9.17) is 14.4 Å². The van der Waals surface area contributed by atoms with Crippen molar-refractivity contribution in [1.29, 1.82) is 0 Å². The molecule has 3 heterocycles. The first-order valence-corrected chi connectivity index (χ1v) is 16.5. The second-order valence-electron chi connectivity index (χ2n) is 13.1. The number of imidazole rings is 1. The molecule has 0 saturated heterocycles. The van der Waals surface area contributed by atoms with Crippen LogP contribution >= 0.6 is 0 Å². The zero-order valence-electron chi connectivity index (χ0n) is 27.5. The third kappa shape index (κ3) is 4.83. The van der Waals surface area contributed by atoms with Gasteiger partial charge in [0.25, 0.3) is 0 Å². The zero-order valence-corrected chi connectivity index (χ0v) is 27.5. The molecule has 0 aliphatic rings. The van der Waals surface area contributed by atoms with Crippen LogP contribution in [0.4, 0.5) is 0 Å². The average molecular weight is 612 g/mol. The molecule has 47 heavy (non-hydrogen) atoms. The average Bonchev–Trinajstić information content (AvgIpc) is 3.67. The second-order valence-corrected chi connectivity index (χ2v) is 13.1. The maximum absolute atomic E-state index is 6.84. The van der Waals surface area contributed by atoms with Gasteiger partial charge in [-0.2, -0.15) is 0 Å². The summed E-state index contributed by atoms with van der Waals surface area (Å²) in [6.07, 6.45) is 1.94. The molecule has 0 fully saturated rings. The van der Waals surface area contributed by atoms with Crippen LogP contribution in [0.15, 0.2) is 126 Å². The number of fused-ring (bicyclic) bond motifs is 4. The lowest BCUT2D eigenvalue weighted by Crippen LogP contribution is -2.08. The van der Waals surface area contributed by atoms with E-state index in [1.54, 1.807) is 0 Å². The Bertz CT molecular complexity index is 2390. The van der Waals surface area contributed by atoms with Gasteiger partial charge >= 0.3 is 0 Å². The number of aryl methyl sites for hydroxylation is 1. The Balaban J connectivity index is 1.46. The second kappa shape index (κ2) is 11.4. The van der Waals surface area contributed by atoms with Crippen molar-refractivity contribution in [3.8, 4) is 39.3 Å². The number of nitrogens with zero attached hydrogens (tertiary/aromatic N) is 3. The smallest absolute Gasteiger partial charge is 0.178 e. The van der Waals surface area contributed by atoms with Gasteiger partial charge in [-0.05, 0) is 76.4 Å². The molecule has 0 spiro atoms. The van der Waals surface area contributed by atoms with E-state index in [1.807, 2.05) is 18.3 Å². The Morgan fingerprint density at radius 1 is 0.638 bits per heavy atom. The molecule has 0 unspecified atom stereocenters. The Labute approximate surface area is 275 Å². The minimum absolute atomic E-state index is 0.305. The van der Waals surface area contributed by atoms with Crippen molar-refractivity contribution in [1.82, 2.24) is 14.5 Å². The monoisotopic (exact) mass is 611 g/mol. The lowest BCUT2D eigenvalue weighted by atomic mass is 9.92. The number of para-hydroxylation sites is 1. The third-order valence-corrected chi connectivity index (χ3v) is 9.36. The largest absolute Gasteiger partial charge is 0.455 e. The van der Waals surface area contributed by atoms with Gasteiger partial charge in [0.2, 0.25) is 0 Å². The first-order chi connectivity index (χ1) is 22.9. The van der Waals surface area contributed by atoms with Crippen LogP contribution in [0.2, 0.25) is 0 Å². The summed E-state index contributed by atoms with van der Waals surface area (Å²) in [5.74, 6) is 1.44. The molecule has 0 aliphatic carbocycles. The molecule has 4 nitrogen and oxygen atoms in total. The molecule has 0 amide bonds. The van der Waals surface area contributed by atoms with Crippen LogP contribution in [-0.4, -0.2) is 14.5 Å². The fraction of sp³-hybridized carbons (Fsp3) is 0.163. The van der Waals surface area contributed by atoms with E-state index >= 15 is 0 Å². The number of rotatable bonds is 6. The molecular weight excluding hydrogens is 574 g/mol. The SMILES string of the molecule is Cc1ccc(-c2nc3ncc(-c4ccccc4)cc3n2-c2c(C(C)C)cccc2C(C)C)c2oc3cc(-c4ccccc4)ccc3c12. The highest BCUT2D eigenvalue weighted by molar-refractivity contribution is 6.12. The van der Waals surface area contributed by atoms with Crippen molar-refractivity contribution < 1.29 is 4.42 Å². The molecule has 4 heteroatoms. The predicted molar refractivity (Wildman–Crippen MR) is 195 cm³/mol. The molecule has 230 valence electrons. The Morgan fingerprint density at radius 2 is 1.30 bits per heavy atom. The molecule has 5 aromatic carbocycles. The van der Waals surface area contributed by atoms with Gasteiger partial charge in [0, 0.05) is 22.5 Å². The highest BCUT2D eigenvalue weighted by Gasteiger charge is 2.26. The standard InChI is InChI=1S/C43H37N3O/c1-26(2)33-17-12-18-34(27(3)4)40(33)46-37-23-32(30-15-10-7-11-16-30)25-44-42(37)45-43(46)36-21-19-28(5)39-35-22-20-31(24-38(35)47-41(36)39)29-13-8-6-9-14-29/h6-27H,1-5H3. The summed E-state index contributed by atoms with van der Waals surface area (Å²) in [5, 5.41) is 2.23. The van der Waals surface area contributed by atoms with E-state index in [-0.39, 0.29) is 0 Å². The van der Waals surface area contributed by atoms with Crippen molar-refractivity contribution in [3.05, 3.63) is 138 Å². The number of aromatic nitrogens is 3. The number of benzene rings is 5. The predicted octanol–water partition coefficient (Wildman–Crippen LogP) is 11.9. The molecule has 0 atom stereocenters. The van der Waals surface area contributed by atoms with Gasteiger partial charge in [-0.3, -0.25) is 4.57 Å². The number of hydrogen-bond acceptors (Lipinski definition) is 3. The summed E-state index contributed by atoms with van der Waals surface area (Å²) in [6, 6.07) is 40.8. The maximum atomic E-state index is 6.84. The van der Waals surface area contributed by atoms with Crippen molar-refractivity contribution >= 4 is 33.1 Å². The van der Waals surface area contributed by atoms with Gasteiger partial charge in [-0.25, -0.2) is 9.97 Å². The van der Waals surface area contributed by atoms with E-state index in [2.05, 4.69) is 142 Å². The van der Waals surface area contributed by atoms with Gasteiger partial charge < -0.3 is 4.42 Å². The van der Waals surface area contributed by atoms with E-state index in [0.717, 1.165) is 55.5 Å². The van der Waals surface area contributed by atoms with Crippen molar-refractivity contribution in [2.45, 2.75) is 46.5 Å². The van der Waals surface area contributed by atoms with E-state index in [0.29, 0.717) is 17.5 Å². The number of furan rings is 1. The summed E-state index contributed by atoms with van der Waals surface area (Å²) in [7, 11) is 0. The first-order valence-electron chi connectivity index (χ1n) is 16.5. The first kappa shape index (κ1) is 29.0. The van der Waals surface area contributed by atoms with Crippen LogP contribution in [0, 0.1) is 6.92 Å². The summed E-state index contributed by atoms with van der Waals surface area (Å²) >= 11 is 0. The van der Waals surface area contributed by atoms with Crippen LogP contribution in [0.25, 0.3) is 72.4 Å². The topological polar surface area (TPSA) is 43.9 Å². The summed E-state index contributed by atoms with van der Waals surface area (Å²) in [6.45, 7) is 11.2. The summed E-state index contributed by atoms with van der Waals surface area (Å²) in [5.41, 5.74) is 13.8. The third-order valence-electron chi connectivity index (χ3n) is 9.36. The van der Waals surface area contributed by atoms with Crippen LogP contribution in [0.5, 0.6) is 0 Å².